The van der Waals surface area contributed by atoms with Crippen molar-refractivity contribution in [2.24, 2.45) is 0 Å². The van der Waals surface area contributed by atoms with Crippen molar-refractivity contribution in [1.29, 1.82) is 0 Å². The van der Waals surface area contributed by atoms with E-state index in [0.717, 1.165) is 23.0 Å². The fraction of sp³-hybridized carbons (Fsp3) is 0.379. The van der Waals surface area contributed by atoms with Crippen molar-refractivity contribution in [1.82, 2.24) is 19.4 Å². The van der Waals surface area contributed by atoms with Gasteiger partial charge >= 0.3 is 0 Å². The minimum absolute atomic E-state index is 0.0482. The molecule has 2 aromatic carbocycles. The van der Waals surface area contributed by atoms with Gasteiger partial charge in [0.05, 0.1) is 29.0 Å². The monoisotopic (exact) mass is 545 g/mol. The van der Waals surface area contributed by atoms with E-state index in [0.29, 0.717) is 48.6 Å². The number of fused-ring (bicyclic) bond motifs is 1. The Balaban J connectivity index is 1.34. The van der Waals surface area contributed by atoms with Gasteiger partial charge in [0.2, 0.25) is 5.95 Å². The number of aromatic nitrogens is 3. The number of rotatable bonds is 10. The number of likely N-dealkylation sites (N-methyl/N-ethyl adjacent to an activating group) is 2. The van der Waals surface area contributed by atoms with Crippen LogP contribution >= 0.6 is 0 Å². The highest BCUT2D eigenvalue weighted by Gasteiger charge is 2.70. The van der Waals surface area contributed by atoms with Crippen LogP contribution in [0.15, 0.2) is 54.9 Å². The second-order valence-electron chi connectivity index (χ2n) is 11.2. The summed E-state index contributed by atoms with van der Waals surface area (Å²) in [6, 6.07) is 13.0. The molecule has 4 aromatic rings. The molecule has 0 radical (unpaired) electrons. The third-order valence-electron chi connectivity index (χ3n) is 8.13. The largest absolute Gasteiger partial charge is 0.494 e. The number of nitrogens with one attached hydrogen (secondary N) is 1. The summed E-state index contributed by atoms with van der Waals surface area (Å²) >= 11 is 0. The predicted molar refractivity (Wildman–Crippen MR) is 153 cm³/mol. The number of nitrogens with zero attached hydrogens (tertiary/aromatic N) is 6. The summed E-state index contributed by atoms with van der Waals surface area (Å²) in [5.74, 6) is 0.718. The Morgan fingerprint density at radius 3 is 2.58 bits per heavy atom. The second-order valence-corrected chi connectivity index (χ2v) is 11.2. The van der Waals surface area contributed by atoms with Gasteiger partial charge in [0.15, 0.2) is 0 Å². The summed E-state index contributed by atoms with van der Waals surface area (Å²) in [5.41, 5.74) is 2.31. The molecule has 0 atom stereocenters. The van der Waals surface area contributed by atoms with Crippen LogP contribution in [-0.4, -0.2) is 71.4 Å². The van der Waals surface area contributed by atoms with Crippen LogP contribution in [0.4, 0.5) is 27.4 Å². The minimum atomic E-state index is -1.00. The SMILES string of the molecule is COc1cc(N(C)CCN(C)C)c([N+](=O)[O-])cc1Nc1nccc(-c2cn(C34CC(F)(C3)C4)c3ccccc23)n1. The maximum atomic E-state index is 14.4. The number of para-hydroxylation sites is 1. The van der Waals surface area contributed by atoms with Crippen LogP contribution in [-0.2, 0) is 5.54 Å². The quantitative estimate of drug-likeness (QED) is 0.210. The Labute approximate surface area is 231 Å². The normalized spacial score (nSPS) is 21.1. The van der Waals surface area contributed by atoms with Gasteiger partial charge in [-0.25, -0.2) is 14.4 Å². The summed E-state index contributed by atoms with van der Waals surface area (Å²) in [7, 11) is 7.25. The van der Waals surface area contributed by atoms with Gasteiger partial charge in [0.1, 0.15) is 17.1 Å². The topological polar surface area (TPSA) is 102 Å². The highest BCUT2D eigenvalue weighted by molar-refractivity contribution is 5.95. The Morgan fingerprint density at radius 1 is 1.15 bits per heavy atom. The molecule has 7 rings (SSSR count). The molecular formula is C29H32FN7O3. The number of benzene rings is 2. The minimum Gasteiger partial charge on any atom is -0.494 e. The van der Waals surface area contributed by atoms with E-state index in [-0.39, 0.29) is 17.2 Å². The zero-order chi connectivity index (χ0) is 28.2. The van der Waals surface area contributed by atoms with E-state index in [9.17, 15) is 14.5 Å². The molecule has 10 nitrogen and oxygen atoms in total. The van der Waals surface area contributed by atoms with E-state index in [1.807, 2.05) is 55.2 Å². The molecule has 2 heterocycles. The first-order chi connectivity index (χ1) is 19.1. The number of nitro groups is 1. The van der Waals surface area contributed by atoms with Crippen molar-refractivity contribution in [3.05, 3.63) is 65.0 Å². The number of anilines is 3. The number of hydrogen-bond acceptors (Lipinski definition) is 8. The molecule has 3 fully saturated rings. The lowest BCUT2D eigenvalue weighted by atomic mass is 9.47. The lowest BCUT2D eigenvalue weighted by molar-refractivity contribution is -0.384. The maximum absolute atomic E-state index is 14.4. The van der Waals surface area contributed by atoms with Crippen LogP contribution in [0, 0.1) is 10.1 Å². The lowest BCUT2D eigenvalue weighted by Gasteiger charge is -2.66. The van der Waals surface area contributed by atoms with E-state index in [1.54, 1.807) is 12.3 Å². The van der Waals surface area contributed by atoms with Gasteiger partial charge in [0.25, 0.3) is 5.69 Å². The highest BCUT2D eigenvalue weighted by atomic mass is 19.1. The van der Waals surface area contributed by atoms with Crippen molar-refractivity contribution in [3.63, 3.8) is 0 Å². The summed E-state index contributed by atoms with van der Waals surface area (Å²) < 4.78 is 22.2. The van der Waals surface area contributed by atoms with Gasteiger partial charge in [-0.15, -0.1) is 0 Å². The summed E-state index contributed by atoms with van der Waals surface area (Å²) in [6.07, 6.45) is 5.37. The van der Waals surface area contributed by atoms with Crippen molar-refractivity contribution in [2.75, 3.05) is 51.6 Å². The van der Waals surface area contributed by atoms with E-state index in [2.05, 4.69) is 27.1 Å². The molecule has 3 aliphatic rings. The molecule has 1 N–H and O–H groups in total. The molecule has 0 spiro atoms. The standard InChI is InChI=1S/C29H32FN7O3/c1-34(2)11-12-35(3)24-14-26(40-4)22(13-25(24)37(38)39)33-27-31-10-9-21(32-27)20-15-36(23-8-6-5-7-19(20)23)29-16-28(30,17-29)18-29/h5-10,13-15H,11-12,16-18H2,1-4H3,(H,31,32,33). The fourth-order valence-electron chi connectivity index (χ4n) is 6.08. The predicted octanol–water partition coefficient (Wildman–Crippen LogP) is 5.36. The summed E-state index contributed by atoms with van der Waals surface area (Å²) in [4.78, 5) is 24.6. The smallest absolute Gasteiger partial charge is 0.294 e. The van der Waals surface area contributed by atoms with Crippen molar-refractivity contribution < 1.29 is 14.1 Å². The summed E-state index contributed by atoms with van der Waals surface area (Å²) in [6.45, 7) is 1.35. The average molecular weight is 546 g/mol. The molecule has 2 aromatic heterocycles. The van der Waals surface area contributed by atoms with E-state index in [4.69, 9.17) is 9.72 Å². The highest BCUT2D eigenvalue weighted by Crippen LogP contribution is 2.68. The first kappa shape index (κ1) is 26.0. The number of nitro benzene ring substituents is 1. The summed E-state index contributed by atoms with van der Waals surface area (Å²) in [5, 5.41) is 16.2. The molecule has 2 bridgehead atoms. The third-order valence-corrected chi connectivity index (χ3v) is 8.13. The first-order valence-corrected chi connectivity index (χ1v) is 13.2. The Kier molecular flexibility index (Phi) is 6.14. The Bertz CT molecular complexity index is 1600. The van der Waals surface area contributed by atoms with E-state index in [1.165, 1.54) is 13.2 Å². The van der Waals surface area contributed by atoms with Crippen molar-refractivity contribution in [2.45, 2.75) is 30.5 Å². The average Bonchev–Trinajstić information content (AvgIpc) is 3.29. The molecule has 11 heteroatoms. The molecule has 0 unspecified atom stereocenters. The molecule has 3 saturated carbocycles. The van der Waals surface area contributed by atoms with Gasteiger partial charge in [0, 0.05) is 80.4 Å². The van der Waals surface area contributed by atoms with E-state index >= 15 is 0 Å². The van der Waals surface area contributed by atoms with Gasteiger partial charge in [-0.2, -0.15) is 0 Å². The molecule has 208 valence electrons. The van der Waals surface area contributed by atoms with Gasteiger partial charge in [-0.1, -0.05) is 18.2 Å². The maximum Gasteiger partial charge on any atom is 0.294 e. The van der Waals surface area contributed by atoms with E-state index < -0.39 is 10.6 Å². The van der Waals surface area contributed by atoms with Crippen LogP contribution in [0.1, 0.15) is 19.3 Å². The van der Waals surface area contributed by atoms with Gasteiger partial charge in [-0.3, -0.25) is 10.1 Å². The van der Waals surface area contributed by atoms with Crippen LogP contribution in [0.25, 0.3) is 22.2 Å². The fourth-order valence-corrected chi connectivity index (χ4v) is 6.08. The van der Waals surface area contributed by atoms with Crippen LogP contribution in [0.2, 0.25) is 0 Å². The Hall–Kier alpha value is -4.25. The molecule has 0 saturated heterocycles. The van der Waals surface area contributed by atoms with Crippen LogP contribution in [0.5, 0.6) is 5.75 Å². The zero-order valence-corrected chi connectivity index (χ0v) is 23.0. The lowest BCUT2D eigenvalue weighted by Crippen LogP contribution is -2.69. The second kappa shape index (κ2) is 9.44. The molecule has 3 aliphatic carbocycles. The van der Waals surface area contributed by atoms with Crippen LogP contribution in [0.3, 0.4) is 0 Å². The van der Waals surface area contributed by atoms with Crippen LogP contribution < -0.4 is 15.0 Å². The molecular weight excluding hydrogens is 513 g/mol. The zero-order valence-electron chi connectivity index (χ0n) is 23.0. The number of alkyl halides is 1. The molecule has 0 aliphatic heterocycles. The number of ether oxygens (including phenoxy) is 1. The third kappa shape index (κ3) is 4.30. The number of halogens is 1. The van der Waals surface area contributed by atoms with Gasteiger partial charge in [-0.05, 0) is 26.2 Å². The Morgan fingerprint density at radius 2 is 1.90 bits per heavy atom. The number of hydrogen-bond donors (Lipinski definition) is 1. The molecule has 40 heavy (non-hydrogen) atoms. The molecule has 0 amide bonds. The van der Waals surface area contributed by atoms with Crippen molar-refractivity contribution >= 4 is 33.9 Å². The van der Waals surface area contributed by atoms with Crippen molar-refractivity contribution in [3.8, 4) is 17.0 Å². The number of methoxy groups -OCH3 is 1. The first-order valence-electron chi connectivity index (χ1n) is 13.2. The van der Waals surface area contributed by atoms with Gasteiger partial charge < -0.3 is 24.4 Å².